The molecule has 1 amide bonds. The summed E-state index contributed by atoms with van der Waals surface area (Å²) >= 11 is 3.27. The predicted octanol–water partition coefficient (Wildman–Crippen LogP) is 1.61. The van der Waals surface area contributed by atoms with Crippen molar-refractivity contribution in [3.63, 3.8) is 0 Å². The topological polar surface area (TPSA) is 63.2 Å². The fraction of sp³-hybridized carbons (Fsp3) is 0.364. The SMILES string of the molecule is CC(CS(C)(=O)=O)NC(=O)c1ccccc1Br. The van der Waals surface area contributed by atoms with Crippen LogP contribution in [0.3, 0.4) is 0 Å². The third-order valence-corrected chi connectivity index (χ3v) is 3.85. The lowest BCUT2D eigenvalue weighted by Crippen LogP contribution is -2.37. The molecule has 1 aromatic carbocycles. The number of amides is 1. The van der Waals surface area contributed by atoms with Crippen molar-refractivity contribution in [1.82, 2.24) is 5.32 Å². The number of benzene rings is 1. The summed E-state index contributed by atoms with van der Waals surface area (Å²) in [7, 11) is -3.09. The van der Waals surface area contributed by atoms with Gasteiger partial charge in [0.05, 0.1) is 11.3 Å². The molecule has 0 aliphatic heterocycles. The second kappa shape index (κ2) is 5.64. The lowest BCUT2D eigenvalue weighted by atomic mass is 10.2. The summed E-state index contributed by atoms with van der Waals surface area (Å²) in [6.45, 7) is 1.66. The summed E-state index contributed by atoms with van der Waals surface area (Å²) in [5.74, 6) is -0.350. The second-order valence-electron chi connectivity index (χ2n) is 3.95. The van der Waals surface area contributed by atoms with E-state index < -0.39 is 15.9 Å². The van der Waals surface area contributed by atoms with Gasteiger partial charge in [-0.1, -0.05) is 12.1 Å². The Hall–Kier alpha value is -0.880. The summed E-state index contributed by atoms with van der Waals surface area (Å²) < 4.78 is 22.8. The first-order chi connectivity index (χ1) is 7.79. The van der Waals surface area contributed by atoms with E-state index >= 15 is 0 Å². The van der Waals surface area contributed by atoms with Gasteiger partial charge in [-0.25, -0.2) is 8.42 Å². The Labute approximate surface area is 109 Å². The minimum Gasteiger partial charge on any atom is -0.349 e. The van der Waals surface area contributed by atoms with Gasteiger partial charge >= 0.3 is 0 Å². The molecule has 0 aliphatic rings. The fourth-order valence-electron chi connectivity index (χ4n) is 1.44. The molecule has 4 nitrogen and oxygen atoms in total. The predicted molar refractivity (Wildman–Crippen MR) is 70.8 cm³/mol. The fourth-order valence-corrected chi connectivity index (χ4v) is 2.90. The lowest BCUT2D eigenvalue weighted by Gasteiger charge is -2.13. The van der Waals surface area contributed by atoms with Crippen molar-refractivity contribution >= 4 is 31.7 Å². The van der Waals surface area contributed by atoms with Crippen LogP contribution in [-0.2, 0) is 9.84 Å². The number of halogens is 1. The van der Waals surface area contributed by atoms with Gasteiger partial charge < -0.3 is 5.32 Å². The van der Waals surface area contributed by atoms with Crippen LogP contribution in [0.5, 0.6) is 0 Å². The Morgan fingerprint density at radius 3 is 2.53 bits per heavy atom. The minimum absolute atomic E-state index is 0.0663. The van der Waals surface area contributed by atoms with Crippen molar-refractivity contribution in [3.8, 4) is 0 Å². The van der Waals surface area contributed by atoms with Gasteiger partial charge in [0.1, 0.15) is 9.84 Å². The molecular formula is C11H14BrNO3S. The van der Waals surface area contributed by atoms with Gasteiger partial charge in [0.15, 0.2) is 0 Å². The highest BCUT2D eigenvalue weighted by atomic mass is 79.9. The van der Waals surface area contributed by atoms with E-state index in [4.69, 9.17) is 0 Å². The zero-order valence-corrected chi connectivity index (χ0v) is 12.0. The molecule has 0 aliphatic carbocycles. The maximum absolute atomic E-state index is 11.8. The van der Waals surface area contributed by atoms with Crippen LogP contribution in [0.2, 0.25) is 0 Å². The highest BCUT2D eigenvalue weighted by molar-refractivity contribution is 9.10. The van der Waals surface area contributed by atoms with E-state index in [1.807, 2.05) is 0 Å². The molecule has 17 heavy (non-hydrogen) atoms. The van der Waals surface area contributed by atoms with E-state index in [1.165, 1.54) is 0 Å². The molecule has 0 radical (unpaired) electrons. The van der Waals surface area contributed by atoms with E-state index in [1.54, 1.807) is 31.2 Å². The van der Waals surface area contributed by atoms with Gasteiger partial charge in [0.25, 0.3) is 5.91 Å². The summed E-state index contributed by atoms with van der Waals surface area (Å²) in [6.07, 6.45) is 1.15. The Morgan fingerprint density at radius 2 is 2.00 bits per heavy atom. The van der Waals surface area contributed by atoms with E-state index in [0.29, 0.717) is 10.0 Å². The molecule has 1 rings (SSSR count). The van der Waals surface area contributed by atoms with E-state index in [9.17, 15) is 13.2 Å². The van der Waals surface area contributed by atoms with Gasteiger partial charge in [-0.3, -0.25) is 4.79 Å². The first-order valence-corrected chi connectivity index (χ1v) is 7.88. The molecule has 94 valence electrons. The molecule has 0 fully saturated rings. The zero-order valence-electron chi connectivity index (χ0n) is 9.60. The molecule has 0 saturated heterocycles. The molecule has 1 aromatic rings. The molecule has 1 atom stereocenters. The third kappa shape index (κ3) is 4.87. The van der Waals surface area contributed by atoms with Crippen LogP contribution in [0.15, 0.2) is 28.7 Å². The largest absolute Gasteiger partial charge is 0.349 e. The van der Waals surface area contributed by atoms with Crippen LogP contribution in [0.25, 0.3) is 0 Å². The molecule has 0 spiro atoms. The van der Waals surface area contributed by atoms with Crippen LogP contribution in [0.4, 0.5) is 0 Å². The van der Waals surface area contributed by atoms with Crippen LogP contribution >= 0.6 is 15.9 Å². The molecule has 0 bridgehead atoms. The normalized spacial score (nSPS) is 13.1. The van der Waals surface area contributed by atoms with E-state index in [-0.39, 0.29) is 11.7 Å². The standard InChI is InChI=1S/C11H14BrNO3S/c1-8(7-17(2,15)16)13-11(14)9-5-3-4-6-10(9)12/h3-6,8H,7H2,1-2H3,(H,13,14). The summed E-state index contributed by atoms with van der Waals surface area (Å²) in [5.41, 5.74) is 0.493. The number of sulfone groups is 1. The van der Waals surface area contributed by atoms with Crippen molar-refractivity contribution in [2.45, 2.75) is 13.0 Å². The molecule has 0 aromatic heterocycles. The van der Waals surface area contributed by atoms with Gasteiger partial charge in [0, 0.05) is 16.8 Å². The van der Waals surface area contributed by atoms with Crippen molar-refractivity contribution in [1.29, 1.82) is 0 Å². The third-order valence-electron chi connectivity index (χ3n) is 2.05. The lowest BCUT2D eigenvalue weighted by molar-refractivity contribution is 0.0943. The Kier molecular flexibility index (Phi) is 4.70. The van der Waals surface area contributed by atoms with Crippen LogP contribution in [0.1, 0.15) is 17.3 Å². The molecule has 1 unspecified atom stereocenters. The van der Waals surface area contributed by atoms with Crippen molar-refractivity contribution in [3.05, 3.63) is 34.3 Å². The Morgan fingerprint density at radius 1 is 1.41 bits per heavy atom. The number of nitrogens with one attached hydrogen (secondary N) is 1. The molecule has 0 heterocycles. The Bertz CT molecular complexity index is 513. The van der Waals surface area contributed by atoms with Crippen molar-refractivity contribution in [2.24, 2.45) is 0 Å². The Balaban J connectivity index is 2.71. The van der Waals surface area contributed by atoms with Gasteiger partial charge in [-0.2, -0.15) is 0 Å². The quantitative estimate of drug-likeness (QED) is 0.917. The monoisotopic (exact) mass is 319 g/mol. The maximum Gasteiger partial charge on any atom is 0.252 e. The second-order valence-corrected chi connectivity index (χ2v) is 6.99. The van der Waals surface area contributed by atoms with Crippen LogP contribution in [-0.4, -0.2) is 32.4 Å². The van der Waals surface area contributed by atoms with E-state index in [0.717, 1.165) is 6.26 Å². The molecule has 0 saturated carbocycles. The molecular weight excluding hydrogens is 306 g/mol. The smallest absolute Gasteiger partial charge is 0.252 e. The highest BCUT2D eigenvalue weighted by Crippen LogP contribution is 2.15. The van der Waals surface area contributed by atoms with Gasteiger partial charge in [0.2, 0.25) is 0 Å². The van der Waals surface area contributed by atoms with Crippen molar-refractivity contribution < 1.29 is 13.2 Å². The minimum atomic E-state index is -3.09. The average Bonchev–Trinajstić information content (AvgIpc) is 2.14. The first kappa shape index (κ1) is 14.2. The van der Waals surface area contributed by atoms with Gasteiger partial charge in [-0.15, -0.1) is 0 Å². The van der Waals surface area contributed by atoms with Crippen LogP contribution < -0.4 is 5.32 Å². The molecule has 1 N–H and O–H groups in total. The highest BCUT2D eigenvalue weighted by Gasteiger charge is 2.15. The zero-order chi connectivity index (χ0) is 13.1. The number of hydrogen-bond donors (Lipinski definition) is 1. The van der Waals surface area contributed by atoms with Gasteiger partial charge in [-0.05, 0) is 35.0 Å². The van der Waals surface area contributed by atoms with Crippen LogP contribution in [0, 0.1) is 0 Å². The summed E-state index contributed by atoms with van der Waals surface area (Å²) in [4.78, 5) is 11.8. The number of carbonyl (C=O) groups excluding carboxylic acids is 1. The number of carbonyl (C=O) groups is 1. The van der Waals surface area contributed by atoms with E-state index in [2.05, 4.69) is 21.2 Å². The first-order valence-electron chi connectivity index (χ1n) is 5.02. The average molecular weight is 320 g/mol. The maximum atomic E-state index is 11.8. The summed E-state index contributed by atoms with van der Waals surface area (Å²) in [5, 5.41) is 2.65. The number of hydrogen-bond acceptors (Lipinski definition) is 3. The van der Waals surface area contributed by atoms with Crippen molar-refractivity contribution in [2.75, 3.05) is 12.0 Å². The number of rotatable bonds is 4. The summed E-state index contributed by atoms with van der Waals surface area (Å²) in [6, 6.07) is 6.58. The molecule has 6 heteroatoms.